The van der Waals surface area contributed by atoms with Crippen molar-refractivity contribution >= 4 is 5.82 Å². The Bertz CT molecular complexity index is 616. The SMILES string of the molecule is Cn1ncc(-c2nc(C3CC4CCC3C4)no2)c1N. The second-order valence-corrected chi connectivity index (χ2v) is 5.81. The van der Waals surface area contributed by atoms with E-state index in [4.69, 9.17) is 10.3 Å². The van der Waals surface area contributed by atoms with Crippen LogP contribution in [0, 0.1) is 11.8 Å². The molecule has 3 atom stereocenters. The molecule has 2 N–H and O–H groups in total. The molecule has 19 heavy (non-hydrogen) atoms. The second-order valence-electron chi connectivity index (χ2n) is 5.81. The topological polar surface area (TPSA) is 82.8 Å². The van der Waals surface area contributed by atoms with Crippen LogP contribution < -0.4 is 5.73 Å². The number of nitrogens with zero attached hydrogens (tertiary/aromatic N) is 4. The lowest BCUT2D eigenvalue weighted by Gasteiger charge is -2.17. The second kappa shape index (κ2) is 3.82. The van der Waals surface area contributed by atoms with Crippen LogP contribution >= 0.6 is 0 Å². The van der Waals surface area contributed by atoms with E-state index in [0.29, 0.717) is 17.6 Å². The van der Waals surface area contributed by atoms with Crippen molar-refractivity contribution in [1.82, 2.24) is 19.9 Å². The lowest BCUT2D eigenvalue weighted by atomic mass is 9.88. The fourth-order valence-corrected chi connectivity index (χ4v) is 3.67. The van der Waals surface area contributed by atoms with E-state index in [9.17, 15) is 0 Å². The van der Waals surface area contributed by atoms with Crippen molar-refractivity contribution in [1.29, 1.82) is 0 Å². The largest absolute Gasteiger partial charge is 0.383 e. The zero-order valence-electron chi connectivity index (χ0n) is 10.9. The molecular weight excluding hydrogens is 242 g/mol. The van der Waals surface area contributed by atoms with E-state index in [2.05, 4.69) is 15.2 Å². The van der Waals surface area contributed by atoms with Crippen molar-refractivity contribution in [2.75, 3.05) is 5.73 Å². The minimum absolute atomic E-state index is 0.481. The van der Waals surface area contributed by atoms with E-state index in [0.717, 1.165) is 23.2 Å². The third-order valence-electron chi connectivity index (χ3n) is 4.73. The third kappa shape index (κ3) is 1.59. The van der Waals surface area contributed by atoms with Crippen LogP contribution in [0.15, 0.2) is 10.7 Å². The molecule has 0 spiro atoms. The Morgan fingerprint density at radius 2 is 2.26 bits per heavy atom. The first kappa shape index (κ1) is 11.0. The predicted molar refractivity (Wildman–Crippen MR) is 69.1 cm³/mol. The van der Waals surface area contributed by atoms with E-state index in [1.54, 1.807) is 17.9 Å². The van der Waals surface area contributed by atoms with Crippen LogP contribution in [0.1, 0.15) is 37.4 Å². The maximum atomic E-state index is 5.93. The highest BCUT2D eigenvalue weighted by Gasteiger charge is 2.42. The van der Waals surface area contributed by atoms with Gasteiger partial charge in [0.1, 0.15) is 11.4 Å². The molecule has 0 radical (unpaired) electrons. The van der Waals surface area contributed by atoms with Gasteiger partial charge < -0.3 is 10.3 Å². The van der Waals surface area contributed by atoms with Gasteiger partial charge in [-0.25, -0.2) is 0 Å². The number of fused-ring (bicyclic) bond motifs is 2. The highest BCUT2D eigenvalue weighted by molar-refractivity contribution is 5.66. The fraction of sp³-hybridized carbons (Fsp3) is 0.615. The Balaban J connectivity index is 1.65. The summed E-state index contributed by atoms with van der Waals surface area (Å²) in [7, 11) is 1.80. The molecule has 2 aromatic rings. The van der Waals surface area contributed by atoms with Gasteiger partial charge in [0.2, 0.25) is 0 Å². The molecule has 0 aromatic carbocycles. The highest BCUT2D eigenvalue weighted by atomic mass is 16.5. The zero-order valence-corrected chi connectivity index (χ0v) is 10.9. The summed E-state index contributed by atoms with van der Waals surface area (Å²) >= 11 is 0. The summed E-state index contributed by atoms with van der Waals surface area (Å²) in [6.07, 6.45) is 6.92. The minimum Gasteiger partial charge on any atom is -0.383 e. The van der Waals surface area contributed by atoms with Crippen molar-refractivity contribution in [3.05, 3.63) is 12.0 Å². The van der Waals surface area contributed by atoms with Gasteiger partial charge in [-0.05, 0) is 31.1 Å². The number of nitrogen functional groups attached to an aromatic ring is 1. The predicted octanol–water partition coefficient (Wildman–Crippen LogP) is 1.96. The summed E-state index contributed by atoms with van der Waals surface area (Å²) in [6, 6.07) is 0. The lowest BCUT2D eigenvalue weighted by molar-refractivity contribution is 0.372. The summed E-state index contributed by atoms with van der Waals surface area (Å²) in [5.74, 6) is 4.01. The van der Waals surface area contributed by atoms with Gasteiger partial charge in [0.05, 0.1) is 6.20 Å². The first-order chi connectivity index (χ1) is 9.22. The van der Waals surface area contributed by atoms with Crippen LogP contribution in [0.4, 0.5) is 5.82 Å². The summed E-state index contributed by atoms with van der Waals surface area (Å²) in [4.78, 5) is 4.54. The molecule has 2 fully saturated rings. The van der Waals surface area contributed by atoms with Crippen LogP contribution in [0.5, 0.6) is 0 Å². The van der Waals surface area contributed by atoms with Gasteiger partial charge >= 0.3 is 0 Å². The molecule has 2 aliphatic rings. The molecule has 0 saturated heterocycles. The van der Waals surface area contributed by atoms with Crippen LogP contribution in [0.2, 0.25) is 0 Å². The van der Waals surface area contributed by atoms with E-state index < -0.39 is 0 Å². The normalized spacial score (nSPS) is 29.2. The van der Waals surface area contributed by atoms with Crippen molar-refractivity contribution in [3.8, 4) is 11.5 Å². The van der Waals surface area contributed by atoms with Crippen molar-refractivity contribution in [3.63, 3.8) is 0 Å². The van der Waals surface area contributed by atoms with E-state index in [-0.39, 0.29) is 0 Å². The minimum atomic E-state index is 0.481. The molecule has 6 heteroatoms. The molecule has 4 rings (SSSR count). The molecule has 2 aromatic heterocycles. The molecule has 0 aliphatic heterocycles. The third-order valence-corrected chi connectivity index (χ3v) is 4.73. The van der Waals surface area contributed by atoms with Crippen molar-refractivity contribution in [2.45, 2.75) is 31.6 Å². The summed E-state index contributed by atoms with van der Waals surface area (Å²) in [5.41, 5.74) is 6.66. The van der Waals surface area contributed by atoms with Gasteiger partial charge in [0.15, 0.2) is 5.82 Å². The monoisotopic (exact) mass is 259 g/mol. The summed E-state index contributed by atoms with van der Waals surface area (Å²) in [5, 5.41) is 8.27. The van der Waals surface area contributed by atoms with Crippen LogP contribution in [-0.4, -0.2) is 19.9 Å². The zero-order chi connectivity index (χ0) is 13.0. The number of rotatable bonds is 2. The quantitative estimate of drug-likeness (QED) is 0.891. The smallest absolute Gasteiger partial charge is 0.263 e. The summed E-state index contributed by atoms with van der Waals surface area (Å²) < 4.78 is 6.98. The maximum absolute atomic E-state index is 5.93. The highest BCUT2D eigenvalue weighted by Crippen LogP contribution is 2.52. The van der Waals surface area contributed by atoms with Crippen molar-refractivity contribution in [2.24, 2.45) is 18.9 Å². The standard InChI is InChI=1S/C13H17N5O/c1-18-11(14)10(6-15-18)13-16-12(17-19-13)9-5-7-2-3-8(9)4-7/h6-9H,2-5,14H2,1H3. The van der Waals surface area contributed by atoms with Crippen LogP contribution in [0.3, 0.4) is 0 Å². The van der Waals surface area contributed by atoms with Crippen LogP contribution in [-0.2, 0) is 7.05 Å². The number of aryl methyl sites for hydroxylation is 1. The average Bonchev–Trinajstić information content (AvgIpc) is 3.15. The maximum Gasteiger partial charge on any atom is 0.263 e. The molecule has 2 aliphatic carbocycles. The van der Waals surface area contributed by atoms with E-state index in [1.807, 2.05) is 0 Å². The van der Waals surface area contributed by atoms with E-state index in [1.165, 1.54) is 25.7 Å². The van der Waals surface area contributed by atoms with Gasteiger partial charge in [-0.15, -0.1) is 0 Å². The van der Waals surface area contributed by atoms with E-state index >= 15 is 0 Å². The molecular formula is C13H17N5O. The summed E-state index contributed by atoms with van der Waals surface area (Å²) in [6.45, 7) is 0. The lowest BCUT2D eigenvalue weighted by Crippen LogP contribution is -2.09. The number of aromatic nitrogens is 4. The van der Waals surface area contributed by atoms with Gasteiger partial charge in [-0.3, -0.25) is 4.68 Å². The first-order valence-corrected chi connectivity index (χ1v) is 6.84. The van der Waals surface area contributed by atoms with Gasteiger partial charge in [0.25, 0.3) is 5.89 Å². The Kier molecular flexibility index (Phi) is 2.22. The average molecular weight is 259 g/mol. The first-order valence-electron chi connectivity index (χ1n) is 6.84. The molecule has 2 bridgehead atoms. The fourth-order valence-electron chi connectivity index (χ4n) is 3.67. The van der Waals surface area contributed by atoms with Crippen LogP contribution in [0.25, 0.3) is 11.5 Å². The van der Waals surface area contributed by atoms with Gasteiger partial charge in [-0.2, -0.15) is 10.1 Å². The molecule has 3 unspecified atom stereocenters. The Morgan fingerprint density at radius 1 is 1.37 bits per heavy atom. The van der Waals surface area contributed by atoms with Gasteiger partial charge in [0, 0.05) is 13.0 Å². The Hall–Kier alpha value is -1.85. The number of anilines is 1. The molecule has 0 amide bonds. The molecule has 2 saturated carbocycles. The van der Waals surface area contributed by atoms with Gasteiger partial charge in [-0.1, -0.05) is 11.6 Å². The number of nitrogens with two attached hydrogens (primary N) is 1. The molecule has 2 heterocycles. The van der Waals surface area contributed by atoms with Crippen molar-refractivity contribution < 1.29 is 4.52 Å². The molecule has 6 nitrogen and oxygen atoms in total. The number of hydrogen-bond donors (Lipinski definition) is 1. The number of hydrogen-bond acceptors (Lipinski definition) is 5. The Labute approximate surface area is 111 Å². The molecule has 100 valence electrons. The Morgan fingerprint density at radius 3 is 2.89 bits per heavy atom.